The van der Waals surface area contributed by atoms with Gasteiger partial charge in [-0.15, -0.1) is 0 Å². The minimum Gasteiger partial charge on any atom is -0.383 e. The van der Waals surface area contributed by atoms with Crippen LogP contribution in [0.25, 0.3) is 0 Å². The summed E-state index contributed by atoms with van der Waals surface area (Å²) in [6, 6.07) is 0. The van der Waals surface area contributed by atoms with Crippen LogP contribution in [0.2, 0.25) is 0 Å². The van der Waals surface area contributed by atoms with Crippen molar-refractivity contribution in [1.29, 1.82) is 0 Å². The molecule has 0 aliphatic carbocycles. The Kier molecular flexibility index (Phi) is 9.85. The first-order chi connectivity index (χ1) is 8.52. The van der Waals surface area contributed by atoms with Crippen LogP contribution in [0.3, 0.4) is 0 Å². The smallest absolute Gasteiger partial charge is 0.221 e. The van der Waals surface area contributed by atoms with Crippen LogP contribution in [0, 0.1) is 0 Å². The fourth-order valence-electron chi connectivity index (χ4n) is 1.21. The molecule has 0 aromatic carbocycles. The quantitative estimate of drug-likeness (QED) is 0.412. The van der Waals surface area contributed by atoms with E-state index in [4.69, 9.17) is 10.5 Å². The van der Waals surface area contributed by atoms with Crippen molar-refractivity contribution in [2.24, 2.45) is 5.73 Å². The first kappa shape index (κ1) is 17.3. The van der Waals surface area contributed by atoms with E-state index in [1.54, 1.807) is 7.11 Å². The van der Waals surface area contributed by atoms with Gasteiger partial charge in [0.05, 0.1) is 12.4 Å². The molecule has 0 rings (SSSR count). The summed E-state index contributed by atoms with van der Waals surface area (Å²) >= 11 is 0. The second kappa shape index (κ2) is 10.2. The number of hydrogen-bond donors (Lipinski definition) is 3. The summed E-state index contributed by atoms with van der Waals surface area (Å²) in [6.07, 6.45) is 1.34. The van der Waals surface area contributed by atoms with E-state index in [-0.39, 0.29) is 24.6 Å². The summed E-state index contributed by atoms with van der Waals surface area (Å²) in [6.45, 7) is 1.47. The molecule has 0 spiro atoms. The number of carbonyl (C=O) groups excluding carboxylic acids is 1. The third kappa shape index (κ3) is 10.5. The van der Waals surface area contributed by atoms with Crippen molar-refractivity contribution >= 4 is 15.9 Å². The summed E-state index contributed by atoms with van der Waals surface area (Å²) < 4.78 is 30.0. The normalized spacial score (nSPS) is 11.4. The van der Waals surface area contributed by atoms with Crippen LogP contribution in [0.4, 0.5) is 0 Å². The Morgan fingerprint density at radius 3 is 2.61 bits per heavy atom. The molecule has 4 N–H and O–H groups in total. The molecule has 0 saturated heterocycles. The minimum absolute atomic E-state index is 0.0511. The third-order valence-corrected chi connectivity index (χ3v) is 3.64. The standard InChI is InChI=1S/C10H23N3O4S/c1-17-8-7-12-10(14)4-6-13-18(15,16)9-3-2-5-11/h13H,2-9,11H2,1H3,(H,12,14). The molecular formula is C10H23N3O4S. The lowest BCUT2D eigenvalue weighted by Gasteiger charge is -2.07. The number of unbranched alkanes of at least 4 members (excludes halogenated alkanes) is 1. The fourth-order valence-corrected chi connectivity index (χ4v) is 2.35. The van der Waals surface area contributed by atoms with Gasteiger partial charge in [-0.2, -0.15) is 0 Å². The maximum absolute atomic E-state index is 11.4. The first-order valence-electron chi connectivity index (χ1n) is 5.95. The van der Waals surface area contributed by atoms with Crippen LogP contribution in [0.1, 0.15) is 19.3 Å². The molecule has 0 saturated carbocycles. The molecule has 0 bridgehead atoms. The lowest BCUT2D eigenvalue weighted by molar-refractivity contribution is -0.121. The van der Waals surface area contributed by atoms with E-state index in [1.165, 1.54) is 0 Å². The van der Waals surface area contributed by atoms with Gasteiger partial charge >= 0.3 is 0 Å². The molecule has 8 heteroatoms. The van der Waals surface area contributed by atoms with E-state index in [2.05, 4.69) is 10.0 Å². The van der Waals surface area contributed by atoms with Crippen LogP contribution in [-0.4, -0.2) is 53.4 Å². The molecule has 0 unspecified atom stereocenters. The highest BCUT2D eigenvalue weighted by Crippen LogP contribution is 1.93. The first-order valence-corrected chi connectivity index (χ1v) is 7.60. The third-order valence-electron chi connectivity index (χ3n) is 2.17. The van der Waals surface area contributed by atoms with Gasteiger partial charge in [-0.25, -0.2) is 13.1 Å². The summed E-state index contributed by atoms with van der Waals surface area (Å²) in [5, 5.41) is 2.61. The number of rotatable bonds is 11. The van der Waals surface area contributed by atoms with Crippen molar-refractivity contribution < 1.29 is 17.9 Å². The molecule has 18 heavy (non-hydrogen) atoms. The van der Waals surface area contributed by atoms with Gasteiger partial charge in [0, 0.05) is 26.6 Å². The van der Waals surface area contributed by atoms with Gasteiger partial charge in [-0.3, -0.25) is 4.79 Å². The Bertz CT molecular complexity index is 319. The lowest BCUT2D eigenvalue weighted by atomic mass is 10.3. The largest absolute Gasteiger partial charge is 0.383 e. The van der Waals surface area contributed by atoms with Gasteiger partial charge in [-0.1, -0.05) is 0 Å². The van der Waals surface area contributed by atoms with Crippen molar-refractivity contribution in [3.8, 4) is 0 Å². The minimum atomic E-state index is -3.28. The maximum Gasteiger partial charge on any atom is 0.221 e. The zero-order chi connectivity index (χ0) is 13.9. The van der Waals surface area contributed by atoms with Gasteiger partial charge in [-0.05, 0) is 19.4 Å². The van der Waals surface area contributed by atoms with Crippen LogP contribution in [0.15, 0.2) is 0 Å². The maximum atomic E-state index is 11.4. The van der Waals surface area contributed by atoms with Crippen LogP contribution in [-0.2, 0) is 19.6 Å². The molecule has 0 fully saturated rings. The Hall–Kier alpha value is -0.700. The topological polar surface area (TPSA) is 111 Å². The molecule has 0 aliphatic heterocycles. The molecule has 0 atom stereocenters. The van der Waals surface area contributed by atoms with Gasteiger partial charge < -0.3 is 15.8 Å². The predicted octanol–water partition coefficient (Wildman–Crippen LogP) is -1.20. The van der Waals surface area contributed by atoms with Gasteiger partial charge in [0.15, 0.2) is 0 Å². The molecule has 108 valence electrons. The molecule has 7 nitrogen and oxygen atoms in total. The van der Waals surface area contributed by atoms with Crippen molar-refractivity contribution in [3.63, 3.8) is 0 Å². The monoisotopic (exact) mass is 281 g/mol. The molecule has 0 aliphatic rings. The molecular weight excluding hydrogens is 258 g/mol. The van der Waals surface area contributed by atoms with E-state index in [1.807, 2.05) is 0 Å². The highest BCUT2D eigenvalue weighted by atomic mass is 32.2. The molecule has 0 radical (unpaired) electrons. The van der Waals surface area contributed by atoms with Gasteiger partial charge in [0.25, 0.3) is 0 Å². The number of nitrogens with one attached hydrogen (secondary N) is 2. The zero-order valence-electron chi connectivity index (χ0n) is 10.8. The second-order valence-corrected chi connectivity index (χ2v) is 5.73. The van der Waals surface area contributed by atoms with E-state index in [9.17, 15) is 13.2 Å². The summed E-state index contributed by atoms with van der Waals surface area (Å²) in [4.78, 5) is 11.2. The summed E-state index contributed by atoms with van der Waals surface area (Å²) in [5.41, 5.74) is 5.28. The van der Waals surface area contributed by atoms with Crippen LogP contribution in [0.5, 0.6) is 0 Å². The van der Waals surface area contributed by atoms with Gasteiger partial charge in [0.1, 0.15) is 0 Å². The average Bonchev–Trinajstić information content (AvgIpc) is 2.29. The zero-order valence-corrected chi connectivity index (χ0v) is 11.6. The van der Waals surface area contributed by atoms with Crippen molar-refractivity contribution in [3.05, 3.63) is 0 Å². The van der Waals surface area contributed by atoms with E-state index < -0.39 is 10.0 Å². The summed E-state index contributed by atoms with van der Waals surface area (Å²) in [5.74, 6) is -0.146. The van der Waals surface area contributed by atoms with Gasteiger partial charge in [0.2, 0.25) is 15.9 Å². The predicted molar refractivity (Wildman–Crippen MR) is 69.6 cm³/mol. The molecule has 0 aromatic heterocycles. The Balaban J connectivity index is 3.65. The second-order valence-electron chi connectivity index (χ2n) is 3.80. The summed E-state index contributed by atoms with van der Waals surface area (Å²) in [7, 11) is -1.74. The molecule has 1 amide bonds. The Morgan fingerprint density at radius 1 is 1.28 bits per heavy atom. The number of methoxy groups -OCH3 is 1. The number of nitrogens with two attached hydrogens (primary N) is 1. The number of amides is 1. The molecule has 0 heterocycles. The highest BCUT2D eigenvalue weighted by molar-refractivity contribution is 7.89. The number of hydrogen-bond acceptors (Lipinski definition) is 5. The SMILES string of the molecule is COCCNC(=O)CCNS(=O)(=O)CCCCN. The molecule has 0 aromatic rings. The number of sulfonamides is 1. The number of carbonyl (C=O) groups is 1. The number of ether oxygens (including phenoxy) is 1. The Labute approximate surface area is 108 Å². The fraction of sp³-hybridized carbons (Fsp3) is 0.900. The van der Waals surface area contributed by atoms with Crippen molar-refractivity contribution in [2.45, 2.75) is 19.3 Å². The van der Waals surface area contributed by atoms with Crippen LogP contribution < -0.4 is 15.8 Å². The van der Waals surface area contributed by atoms with Crippen molar-refractivity contribution in [2.75, 3.05) is 39.1 Å². The van der Waals surface area contributed by atoms with E-state index >= 15 is 0 Å². The van der Waals surface area contributed by atoms with E-state index in [0.717, 1.165) is 0 Å². The average molecular weight is 281 g/mol. The Morgan fingerprint density at radius 2 is 2.00 bits per heavy atom. The van der Waals surface area contributed by atoms with Crippen LogP contribution >= 0.6 is 0 Å². The van der Waals surface area contributed by atoms with Crippen molar-refractivity contribution in [1.82, 2.24) is 10.0 Å². The highest BCUT2D eigenvalue weighted by Gasteiger charge is 2.09. The van der Waals surface area contributed by atoms with E-state index in [0.29, 0.717) is 32.5 Å². The lowest BCUT2D eigenvalue weighted by Crippen LogP contribution is -2.33.